The van der Waals surface area contributed by atoms with E-state index in [1.165, 1.54) is 11.1 Å². The molecule has 0 spiro atoms. The van der Waals surface area contributed by atoms with Crippen LogP contribution in [0, 0.1) is 6.92 Å². The maximum absolute atomic E-state index is 3.93. The average molecular weight is 244 g/mol. The molecule has 18 heavy (non-hydrogen) atoms. The van der Waals surface area contributed by atoms with Crippen LogP contribution in [0.5, 0.6) is 0 Å². The molecule has 4 heteroatoms. The lowest BCUT2D eigenvalue weighted by atomic mass is 10.0. The van der Waals surface area contributed by atoms with Crippen LogP contribution in [0.25, 0.3) is 0 Å². The van der Waals surface area contributed by atoms with E-state index in [-0.39, 0.29) is 0 Å². The summed E-state index contributed by atoms with van der Waals surface area (Å²) >= 11 is 0. The molecular weight excluding hydrogens is 224 g/mol. The zero-order valence-corrected chi connectivity index (χ0v) is 11.2. The Morgan fingerprint density at radius 3 is 2.56 bits per heavy atom. The van der Waals surface area contributed by atoms with Gasteiger partial charge >= 0.3 is 0 Å². The van der Waals surface area contributed by atoms with Gasteiger partial charge in [0.1, 0.15) is 0 Å². The molecule has 96 valence electrons. The highest BCUT2D eigenvalue weighted by Crippen LogP contribution is 2.17. The first-order chi connectivity index (χ1) is 8.70. The molecule has 1 N–H and O–H groups in total. The Labute approximate surface area is 108 Å². The van der Waals surface area contributed by atoms with Gasteiger partial charge in [-0.3, -0.25) is 4.68 Å². The lowest BCUT2D eigenvalue weighted by Gasteiger charge is -2.17. The van der Waals surface area contributed by atoms with Crippen LogP contribution < -0.4 is 5.32 Å². The number of hydrogen-bond donors (Lipinski definition) is 1. The minimum Gasteiger partial charge on any atom is -0.304 e. The molecule has 1 heterocycles. The molecule has 0 aliphatic carbocycles. The largest absolute Gasteiger partial charge is 0.304 e. The van der Waals surface area contributed by atoms with Gasteiger partial charge in [0.25, 0.3) is 0 Å². The van der Waals surface area contributed by atoms with Crippen LogP contribution >= 0.6 is 0 Å². The molecule has 1 atom stereocenters. The van der Waals surface area contributed by atoms with E-state index >= 15 is 0 Å². The van der Waals surface area contributed by atoms with Gasteiger partial charge in [0, 0.05) is 19.6 Å². The van der Waals surface area contributed by atoms with Crippen molar-refractivity contribution in [1.82, 2.24) is 20.3 Å². The number of rotatable bonds is 5. The lowest BCUT2D eigenvalue weighted by Crippen LogP contribution is -2.21. The SMILES string of the molecule is CCC(NCc1cnnn1C)c1ccc(C)cc1. The highest BCUT2D eigenvalue weighted by atomic mass is 15.4. The van der Waals surface area contributed by atoms with Gasteiger partial charge in [0.05, 0.1) is 11.9 Å². The van der Waals surface area contributed by atoms with Gasteiger partial charge in [-0.2, -0.15) is 0 Å². The fourth-order valence-electron chi connectivity index (χ4n) is 2.00. The van der Waals surface area contributed by atoms with Crippen molar-refractivity contribution in [1.29, 1.82) is 0 Å². The van der Waals surface area contributed by atoms with Crippen LogP contribution in [-0.2, 0) is 13.6 Å². The molecule has 0 saturated carbocycles. The number of aryl methyl sites for hydroxylation is 2. The Morgan fingerprint density at radius 2 is 2.00 bits per heavy atom. The topological polar surface area (TPSA) is 42.7 Å². The summed E-state index contributed by atoms with van der Waals surface area (Å²) in [6.45, 7) is 5.09. The van der Waals surface area contributed by atoms with Gasteiger partial charge in [0.2, 0.25) is 0 Å². The highest BCUT2D eigenvalue weighted by molar-refractivity contribution is 5.24. The van der Waals surface area contributed by atoms with Crippen molar-refractivity contribution < 1.29 is 0 Å². The molecule has 1 aromatic heterocycles. The summed E-state index contributed by atoms with van der Waals surface area (Å²) in [6.07, 6.45) is 2.86. The van der Waals surface area contributed by atoms with Gasteiger partial charge < -0.3 is 5.32 Å². The molecule has 1 aromatic carbocycles. The minimum absolute atomic E-state index is 0.375. The summed E-state index contributed by atoms with van der Waals surface area (Å²) in [5.41, 5.74) is 3.73. The molecule has 4 nitrogen and oxygen atoms in total. The molecule has 2 rings (SSSR count). The molecule has 0 fully saturated rings. The van der Waals surface area contributed by atoms with Crippen molar-refractivity contribution in [2.45, 2.75) is 32.9 Å². The first-order valence-electron chi connectivity index (χ1n) is 6.34. The van der Waals surface area contributed by atoms with Gasteiger partial charge in [-0.25, -0.2) is 0 Å². The number of aromatic nitrogens is 3. The van der Waals surface area contributed by atoms with E-state index in [4.69, 9.17) is 0 Å². The molecule has 0 amide bonds. The third-order valence-corrected chi connectivity index (χ3v) is 3.23. The summed E-state index contributed by atoms with van der Waals surface area (Å²) in [7, 11) is 1.91. The van der Waals surface area contributed by atoms with Crippen LogP contribution in [0.4, 0.5) is 0 Å². The smallest absolute Gasteiger partial charge is 0.0738 e. The Hall–Kier alpha value is -1.68. The van der Waals surface area contributed by atoms with Crippen LogP contribution in [0.1, 0.15) is 36.2 Å². The Bertz CT molecular complexity index is 487. The van der Waals surface area contributed by atoms with Crippen LogP contribution in [-0.4, -0.2) is 15.0 Å². The van der Waals surface area contributed by atoms with Gasteiger partial charge in [0.15, 0.2) is 0 Å². The molecule has 1 unspecified atom stereocenters. The first-order valence-corrected chi connectivity index (χ1v) is 6.34. The van der Waals surface area contributed by atoms with Gasteiger partial charge in [-0.05, 0) is 18.9 Å². The summed E-state index contributed by atoms with van der Waals surface area (Å²) < 4.78 is 1.80. The fraction of sp³-hybridized carbons (Fsp3) is 0.429. The second-order valence-electron chi connectivity index (χ2n) is 4.60. The number of nitrogens with zero attached hydrogens (tertiary/aromatic N) is 3. The molecule has 0 bridgehead atoms. The van der Waals surface area contributed by atoms with Crippen LogP contribution in [0.15, 0.2) is 30.5 Å². The van der Waals surface area contributed by atoms with Crippen molar-refractivity contribution in [2.75, 3.05) is 0 Å². The summed E-state index contributed by atoms with van der Waals surface area (Å²) in [5, 5.41) is 11.4. The molecule has 0 aliphatic heterocycles. The van der Waals surface area contributed by atoms with Crippen LogP contribution in [0.2, 0.25) is 0 Å². The standard InChI is InChI=1S/C14H20N4/c1-4-14(12-7-5-11(2)6-8-12)15-9-13-10-16-17-18(13)3/h5-8,10,14-15H,4,9H2,1-3H3. The number of nitrogens with one attached hydrogen (secondary N) is 1. The van der Waals surface area contributed by atoms with E-state index in [9.17, 15) is 0 Å². The monoisotopic (exact) mass is 244 g/mol. The molecular formula is C14H20N4. The minimum atomic E-state index is 0.375. The molecule has 0 saturated heterocycles. The maximum Gasteiger partial charge on any atom is 0.0738 e. The zero-order valence-electron chi connectivity index (χ0n) is 11.2. The highest BCUT2D eigenvalue weighted by Gasteiger charge is 2.09. The predicted molar refractivity (Wildman–Crippen MR) is 72.1 cm³/mol. The van der Waals surface area contributed by atoms with Crippen LogP contribution in [0.3, 0.4) is 0 Å². The van der Waals surface area contributed by atoms with E-state index in [0.717, 1.165) is 18.7 Å². The van der Waals surface area contributed by atoms with E-state index in [2.05, 4.69) is 53.7 Å². The van der Waals surface area contributed by atoms with Gasteiger partial charge in [-0.1, -0.05) is 42.0 Å². The average Bonchev–Trinajstić information content (AvgIpc) is 2.78. The van der Waals surface area contributed by atoms with Crippen molar-refractivity contribution in [3.8, 4) is 0 Å². The quantitative estimate of drug-likeness (QED) is 0.878. The van der Waals surface area contributed by atoms with E-state index in [1.54, 1.807) is 10.9 Å². The van der Waals surface area contributed by atoms with E-state index in [1.807, 2.05) is 7.05 Å². The lowest BCUT2D eigenvalue weighted by molar-refractivity contribution is 0.502. The Kier molecular flexibility index (Phi) is 4.10. The third-order valence-electron chi connectivity index (χ3n) is 3.23. The normalized spacial score (nSPS) is 12.6. The maximum atomic E-state index is 3.93. The van der Waals surface area contributed by atoms with Crippen molar-refractivity contribution in [3.63, 3.8) is 0 Å². The summed E-state index contributed by atoms with van der Waals surface area (Å²) in [5.74, 6) is 0. The number of benzene rings is 1. The van der Waals surface area contributed by atoms with E-state index < -0.39 is 0 Å². The molecule has 0 radical (unpaired) electrons. The predicted octanol–water partition coefficient (Wildman–Crippen LogP) is 2.36. The van der Waals surface area contributed by atoms with Gasteiger partial charge in [-0.15, -0.1) is 5.10 Å². The number of hydrogen-bond acceptors (Lipinski definition) is 3. The van der Waals surface area contributed by atoms with E-state index in [0.29, 0.717) is 6.04 Å². The summed E-state index contributed by atoms with van der Waals surface area (Å²) in [4.78, 5) is 0. The summed E-state index contributed by atoms with van der Waals surface area (Å²) in [6, 6.07) is 9.08. The molecule has 0 aliphatic rings. The third kappa shape index (κ3) is 2.96. The Morgan fingerprint density at radius 1 is 1.28 bits per heavy atom. The molecule has 2 aromatic rings. The van der Waals surface area contributed by atoms with Crippen molar-refractivity contribution >= 4 is 0 Å². The van der Waals surface area contributed by atoms with Crippen molar-refractivity contribution in [3.05, 3.63) is 47.3 Å². The fourth-order valence-corrected chi connectivity index (χ4v) is 2.00. The second kappa shape index (κ2) is 5.78. The zero-order chi connectivity index (χ0) is 13.0. The Balaban J connectivity index is 2.01. The van der Waals surface area contributed by atoms with Crippen molar-refractivity contribution in [2.24, 2.45) is 7.05 Å². The first kappa shape index (κ1) is 12.8. The second-order valence-corrected chi connectivity index (χ2v) is 4.60.